The molecule has 0 bridgehead atoms. The molecule has 0 aliphatic heterocycles. The molecule has 0 saturated heterocycles. The Morgan fingerprint density at radius 1 is 1.14 bits per heavy atom. The van der Waals surface area contributed by atoms with Gasteiger partial charge in [-0.2, -0.15) is 0 Å². The Morgan fingerprint density at radius 3 is 2.50 bits per heavy atom. The summed E-state index contributed by atoms with van der Waals surface area (Å²) >= 11 is 3.48. The van der Waals surface area contributed by atoms with Crippen molar-refractivity contribution >= 4 is 15.9 Å². The standard InChI is InChI=1S/C11H15BrO2/c1-8-9(2)11(5-4-10(8)12)14-7-6-13-3/h4-5H,6-7H2,1-3H3. The Bertz CT molecular complexity index is 310. The van der Waals surface area contributed by atoms with Crippen LogP contribution in [0.1, 0.15) is 11.1 Å². The monoisotopic (exact) mass is 258 g/mol. The molecule has 14 heavy (non-hydrogen) atoms. The number of ether oxygens (including phenoxy) is 2. The molecule has 1 aromatic rings. The summed E-state index contributed by atoms with van der Waals surface area (Å²) in [6.45, 7) is 5.35. The van der Waals surface area contributed by atoms with Crippen LogP contribution in [0.3, 0.4) is 0 Å². The van der Waals surface area contributed by atoms with Gasteiger partial charge in [0.15, 0.2) is 0 Å². The molecule has 0 atom stereocenters. The molecule has 0 unspecified atom stereocenters. The Morgan fingerprint density at radius 2 is 1.86 bits per heavy atom. The van der Waals surface area contributed by atoms with Crippen molar-refractivity contribution in [3.05, 3.63) is 27.7 Å². The number of rotatable bonds is 4. The van der Waals surface area contributed by atoms with Gasteiger partial charge in [0.05, 0.1) is 6.61 Å². The molecule has 0 fully saturated rings. The number of hydrogen-bond donors (Lipinski definition) is 0. The summed E-state index contributed by atoms with van der Waals surface area (Å²) in [6.07, 6.45) is 0. The van der Waals surface area contributed by atoms with Gasteiger partial charge in [-0.1, -0.05) is 15.9 Å². The second kappa shape index (κ2) is 5.37. The highest BCUT2D eigenvalue weighted by atomic mass is 79.9. The predicted octanol–water partition coefficient (Wildman–Crippen LogP) is 3.09. The molecule has 0 radical (unpaired) electrons. The third-order valence-electron chi connectivity index (χ3n) is 2.22. The van der Waals surface area contributed by atoms with Gasteiger partial charge in [0, 0.05) is 11.6 Å². The van der Waals surface area contributed by atoms with Gasteiger partial charge in [-0.05, 0) is 37.1 Å². The largest absolute Gasteiger partial charge is 0.491 e. The van der Waals surface area contributed by atoms with E-state index in [-0.39, 0.29) is 0 Å². The molecule has 0 spiro atoms. The minimum Gasteiger partial charge on any atom is -0.491 e. The quantitative estimate of drug-likeness (QED) is 0.773. The van der Waals surface area contributed by atoms with Gasteiger partial charge >= 0.3 is 0 Å². The van der Waals surface area contributed by atoms with Crippen molar-refractivity contribution in [1.82, 2.24) is 0 Å². The zero-order valence-corrected chi connectivity index (χ0v) is 10.3. The zero-order valence-electron chi connectivity index (χ0n) is 8.76. The fourth-order valence-electron chi connectivity index (χ4n) is 1.15. The first-order valence-electron chi connectivity index (χ1n) is 4.54. The summed E-state index contributed by atoms with van der Waals surface area (Å²) in [7, 11) is 1.67. The third-order valence-corrected chi connectivity index (χ3v) is 3.08. The van der Waals surface area contributed by atoms with E-state index in [1.807, 2.05) is 12.1 Å². The summed E-state index contributed by atoms with van der Waals surface area (Å²) < 4.78 is 11.6. The van der Waals surface area contributed by atoms with Gasteiger partial charge in [-0.15, -0.1) is 0 Å². The Hall–Kier alpha value is -0.540. The number of halogens is 1. The molecule has 0 saturated carbocycles. The first-order chi connectivity index (χ1) is 6.66. The molecule has 0 aliphatic rings. The van der Waals surface area contributed by atoms with Crippen LogP contribution in [0.15, 0.2) is 16.6 Å². The van der Waals surface area contributed by atoms with Crippen molar-refractivity contribution in [3.63, 3.8) is 0 Å². The van der Waals surface area contributed by atoms with Gasteiger partial charge < -0.3 is 9.47 Å². The normalized spacial score (nSPS) is 10.3. The van der Waals surface area contributed by atoms with Gasteiger partial charge in [0.25, 0.3) is 0 Å². The maximum absolute atomic E-state index is 5.57. The van der Waals surface area contributed by atoms with E-state index in [9.17, 15) is 0 Å². The molecule has 0 heterocycles. The van der Waals surface area contributed by atoms with Gasteiger partial charge in [0.1, 0.15) is 12.4 Å². The molecule has 3 heteroatoms. The summed E-state index contributed by atoms with van der Waals surface area (Å²) in [6, 6.07) is 3.98. The first kappa shape index (κ1) is 11.5. The van der Waals surface area contributed by atoms with Crippen molar-refractivity contribution in [1.29, 1.82) is 0 Å². The molecule has 0 amide bonds. The molecule has 1 rings (SSSR count). The molecule has 78 valence electrons. The second-order valence-corrected chi connectivity index (χ2v) is 3.99. The average molecular weight is 259 g/mol. The lowest BCUT2D eigenvalue weighted by Crippen LogP contribution is -2.05. The highest BCUT2D eigenvalue weighted by Crippen LogP contribution is 2.27. The van der Waals surface area contributed by atoms with E-state index in [0.29, 0.717) is 13.2 Å². The van der Waals surface area contributed by atoms with Crippen molar-refractivity contribution in [2.24, 2.45) is 0 Å². The van der Waals surface area contributed by atoms with Crippen LogP contribution in [0.5, 0.6) is 5.75 Å². The topological polar surface area (TPSA) is 18.5 Å². The first-order valence-corrected chi connectivity index (χ1v) is 5.33. The molecule has 0 aliphatic carbocycles. The van der Waals surface area contributed by atoms with Crippen LogP contribution in [0, 0.1) is 13.8 Å². The molecule has 2 nitrogen and oxygen atoms in total. The van der Waals surface area contributed by atoms with Crippen LogP contribution < -0.4 is 4.74 Å². The highest BCUT2D eigenvalue weighted by Gasteiger charge is 2.04. The number of methoxy groups -OCH3 is 1. The molecular formula is C11H15BrO2. The lowest BCUT2D eigenvalue weighted by atomic mass is 10.1. The van der Waals surface area contributed by atoms with E-state index in [1.54, 1.807) is 7.11 Å². The Kier molecular flexibility index (Phi) is 4.42. The Balaban J connectivity index is 2.73. The van der Waals surface area contributed by atoms with Crippen LogP contribution in [-0.4, -0.2) is 20.3 Å². The van der Waals surface area contributed by atoms with Gasteiger partial charge in [-0.3, -0.25) is 0 Å². The maximum Gasteiger partial charge on any atom is 0.122 e. The lowest BCUT2D eigenvalue weighted by Gasteiger charge is -2.11. The van der Waals surface area contributed by atoms with Crippen LogP contribution in [-0.2, 0) is 4.74 Å². The summed E-state index contributed by atoms with van der Waals surface area (Å²) in [5, 5.41) is 0. The molecule has 0 aromatic heterocycles. The molecule has 1 aromatic carbocycles. The van der Waals surface area contributed by atoms with Crippen LogP contribution in [0.4, 0.5) is 0 Å². The fourth-order valence-corrected chi connectivity index (χ4v) is 1.58. The lowest BCUT2D eigenvalue weighted by molar-refractivity contribution is 0.146. The van der Waals surface area contributed by atoms with Crippen molar-refractivity contribution in [2.45, 2.75) is 13.8 Å². The van der Waals surface area contributed by atoms with Crippen LogP contribution in [0.25, 0.3) is 0 Å². The van der Waals surface area contributed by atoms with E-state index < -0.39 is 0 Å². The Labute approximate surface area is 93.4 Å². The summed E-state index contributed by atoms with van der Waals surface area (Å²) in [5.41, 5.74) is 2.40. The minimum absolute atomic E-state index is 0.596. The minimum atomic E-state index is 0.596. The molecule has 0 N–H and O–H groups in total. The van der Waals surface area contributed by atoms with Crippen molar-refractivity contribution in [3.8, 4) is 5.75 Å². The predicted molar refractivity (Wildman–Crippen MR) is 61.0 cm³/mol. The number of hydrogen-bond acceptors (Lipinski definition) is 2. The maximum atomic E-state index is 5.57. The average Bonchev–Trinajstić information content (AvgIpc) is 2.18. The summed E-state index contributed by atoms with van der Waals surface area (Å²) in [5.74, 6) is 0.933. The van der Waals surface area contributed by atoms with E-state index in [1.165, 1.54) is 11.1 Å². The third kappa shape index (κ3) is 2.72. The molecular weight excluding hydrogens is 244 g/mol. The SMILES string of the molecule is COCCOc1ccc(Br)c(C)c1C. The smallest absolute Gasteiger partial charge is 0.122 e. The highest BCUT2D eigenvalue weighted by molar-refractivity contribution is 9.10. The van der Waals surface area contributed by atoms with Crippen molar-refractivity contribution in [2.75, 3.05) is 20.3 Å². The van der Waals surface area contributed by atoms with Crippen LogP contribution >= 0.6 is 15.9 Å². The van der Waals surface area contributed by atoms with Crippen LogP contribution in [0.2, 0.25) is 0 Å². The summed E-state index contributed by atoms with van der Waals surface area (Å²) in [4.78, 5) is 0. The van der Waals surface area contributed by atoms with E-state index in [0.717, 1.165) is 10.2 Å². The van der Waals surface area contributed by atoms with E-state index in [2.05, 4.69) is 29.8 Å². The van der Waals surface area contributed by atoms with Gasteiger partial charge in [-0.25, -0.2) is 0 Å². The van der Waals surface area contributed by atoms with Crippen molar-refractivity contribution < 1.29 is 9.47 Å². The van der Waals surface area contributed by atoms with E-state index >= 15 is 0 Å². The van der Waals surface area contributed by atoms with Gasteiger partial charge in [0.2, 0.25) is 0 Å². The number of benzene rings is 1. The second-order valence-electron chi connectivity index (χ2n) is 3.14. The van der Waals surface area contributed by atoms with E-state index in [4.69, 9.17) is 9.47 Å². The zero-order chi connectivity index (χ0) is 10.6. The fraction of sp³-hybridized carbons (Fsp3) is 0.455.